The van der Waals surface area contributed by atoms with E-state index in [0.717, 1.165) is 22.0 Å². The Labute approximate surface area is 151 Å². The molecule has 2 aromatic carbocycles. The van der Waals surface area contributed by atoms with Crippen molar-refractivity contribution >= 4 is 21.6 Å². The molecule has 6 nitrogen and oxygen atoms in total. The van der Waals surface area contributed by atoms with Crippen LogP contribution in [0.2, 0.25) is 0 Å². The Morgan fingerprint density at radius 1 is 1.12 bits per heavy atom. The summed E-state index contributed by atoms with van der Waals surface area (Å²) in [4.78, 5) is 11.9. The number of anilines is 1. The van der Waals surface area contributed by atoms with E-state index in [4.69, 9.17) is 4.74 Å². The number of halogens is 1. The smallest absolute Gasteiger partial charge is 0.255 e. The van der Waals surface area contributed by atoms with Crippen molar-refractivity contribution in [2.45, 2.75) is 11.8 Å². The highest BCUT2D eigenvalue weighted by Gasteiger charge is 2.29. The second kappa shape index (κ2) is 7.53. The molecule has 0 aromatic heterocycles. The number of hydrogen-bond donors (Lipinski definition) is 1. The Morgan fingerprint density at radius 3 is 2.42 bits per heavy atom. The SMILES string of the molecule is Cc1ccc(NC(=O)c2ccc(F)c(S(=O)(=O)N3CCOCC3)c2)cc1. The third kappa shape index (κ3) is 3.92. The van der Waals surface area contributed by atoms with Gasteiger partial charge in [0, 0.05) is 24.3 Å². The van der Waals surface area contributed by atoms with Crippen molar-refractivity contribution in [3.63, 3.8) is 0 Å². The minimum Gasteiger partial charge on any atom is -0.379 e. The lowest BCUT2D eigenvalue weighted by molar-refractivity contribution is 0.0729. The summed E-state index contributed by atoms with van der Waals surface area (Å²) in [6.45, 7) is 2.75. The van der Waals surface area contributed by atoms with Crippen molar-refractivity contribution < 1.29 is 22.3 Å². The van der Waals surface area contributed by atoms with Gasteiger partial charge < -0.3 is 10.1 Å². The summed E-state index contributed by atoms with van der Waals surface area (Å²) in [5.41, 5.74) is 1.69. The molecule has 1 amide bonds. The summed E-state index contributed by atoms with van der Waals surface area (Å²) in [6, 6.07) is 10.5. The number of amides is 1. The molecule has 0 bridgehead atoms. The van der Waals surface area contributed by atoms with E-state index in [2.05, 4.69) is 5.32 Å². The van der Waals surface area contributed by atoms with Crippen LogP contribution in [-0.2, 0) is 14.8 Å². The first kappa shape index (κ1) is 18.5. The number of aryl methyl sites for hydroxylation is 1. The summed E-state index contributed by atoms with van der Waals surface area (Å²) in [5.74, 6) is -1.39. The van der Waals surface area contributed by atoms with E-state index in [1.165, 1.54) is 6.07 Å². The lowest BCUT2D eigenvalue weighted by Gasteiger charge is -2.26. The monoisotopic (exact) mass is 378 g/mol. The van der Waals surface area contributed by atoms with Crippen molar-refractivity contribution in [2.75, 3.05) is 31.6 Å². The lowest BCUT2D eigenvalue weighted by atomic mass is 10.2. The van der Waals surface area contributed by atoms with E-state index in [1.54, 1.807) is 12.1 Å². The molecule has 1 aliphatic heterocycles. The number of rotatable bonds is 4. The average Bonchev–Trinajstić information content (AvgIpc) is 2.64. The first-order valence-electron chi connectivity index (χ1n) is 8.13. The van der Waals surface area contributed by atoms with Gasteiger partial charge in [-0.2, -0.15) is 4.31 Å². The van der Waals surface area contributed by atoms with Gasteiger partial charge in [0.15, 0.2) is 0 Å². The van der Waals surface area contributed by atoms with Gasteiger partial charge in [-0.1, -0.05) is 17.7 Å². The molecule has 0 radical (unpaired) electrons. The first-order chi connectivity index (χ1) is 12.4. The van der Waals surface area contributed by atoms with E-state index in [9.17, 15) is 17.6 Å². The standard InChI is InChI=1S/C18H19FN2O4S/c1-13-2-5-15(6-3-13)20-18(22)14-4-7-16(19)17(12-14)26(23,24)21-8-10-25-11-9-21/h2-7,12H,8-11H2,1H3,(H,20,22). The van der Waals surface area contributed by atoms with Crippen molar-refractivity contribution in [2.24, 2.45) is 0 Å². The Morgan fingerprint density at radius 2 is 1.77 bits per heavy atom. The fourth-order valence-electron chi connectivity index (χ4n) is 2.61. The molecule has 1 fully saturated rings. The number of carbonyl (C=O) groups is 1. The highest BCUT2D eigenvalue weighted by atomic mass is 32.2. The van der Waals surface area contributed by atoms with Gasteiger partial charge in [-0.05, 0) is 37.3 Å². The Kier molecular flexibility index (Phi) is 5.36. The number of hydrogen-bond acceptors (Lipinski definition) is 4. The highest BCUT2D eigenvalue weighted by Crippen LogP contribution is 2.22. The molecule has 26 heavy (non-hydrogen) atoms. The molecule has 8 heteroatoms. The second-order valence-corrected chi connectivity index (χ2v) is 7.89. The van der Waals surface area contributed by atoms with Gasteiger partial charge in [0.2, 0.25) is 10.0 Å². The lowest BCUT2D eigenvalue weighted by Crippen LogP contribution is -2.41. The molecule has 0 saturated carbocycles. The molecule has 0 unspecified atom stereocenters. The van der Waals surface area contributed by atoms with Crippen LogP contribution < -0.4 is 5.32 Å². The van der Waals surface area contributed by atoms with Crippen LogP contribution in [0.4, 0.5) is 10.1 Å². The number of benzene rings is 2. The maximum absolute atomic E-state index is 14.2. The normalized spacial score (nSPS) is 15.6. The molecular weight excluding hydrogens is 359 g/mol. The maximum Gasteiger partial charge on any atom is 0.255 e. The van der Waals surface area contributed by atoms with Crippen LogP contribution in [0, 0.1) is 12.7 Å². The summed E-state index contributed by atoms with van der Waals surface area (Å²) in [7, 11) is -4.03. The number of carbonyl (C=O) groups excluding carboxylic acids is 1. The topological polar surface area (TPSA) is 75.7 Å². The molecule has 0 aliphatic carbocycles. The first-order valence-corrected chi connectivity index (χ1v) is 9.57. The molecule has 2 aromatic rings. The summed E-state index contributed by atoms with van der Waals surface area (Å²) >= 11 is 0. The molecule has 1 heterocycles. The summed E-state index contributed by atoms with van der Waals surface area (Å²) < 4.78 is 45.8. The molecule has 1 aliphatic rings. The molecule has 138 valence electrons. The van der Waals surface area contributed by atoms with E-state index in [1.807, 2.05) is 19.1 Å². The second-order valence-electron chi connectivity index (χ2n) is 5.98. The largest absolute Gasteiger partial charge is 0.379 e. The Hall–Kier alpha value is -2.29. The van der Waals surface area contributed by atoms with Gasteiger partial charge in [0.05, 0.1) is 13.2 Å². The number of sulfonamides is 1. The minimum atomic E-state index is -4.03. The van der Waals surface area contributed by atoms with Crippen molar-refractivity contribution in [1.29, 1.82) is 0 Å². The van der Waals surface area contributed by atoms with Gasteiger partial charge >= 0.3 is 0 Å². The molecule has 0 atom stereocenters. The van der Waals surface area contributed by atoms with Crippen molar-refractivity contribution in [1.82, 2.24) is 4.31 Å². The fourth-order valence-corrected chi connectivity index (χ4v) is 4.11. The van der Waals surface area contributed by atoms with E-state index in [0.29, 0.717) is 5.69 Å². The molecular formula is C18H19FN2O4S. The minimum absolute atomic E-state index is 0.0683. The maximum atomic E-state index is 14.2. The third-order valence-corrected chi connectivity index (χ3v) is 6.00. The summed E-state index contributed by atoms with van der Waals surface area (Å²) in [5, 5.41) is 2.67. The van der Waals surface area contributed by atoms with Crippen LogP contribution >= 0.6 is 0 Å². The molecule has 0 spiro atoms. The van der Waals surface area contributed by atoms with Gasteiger partial charge in [0.25, 0.3) is 5.91 Å². The van der Waals surface area contributed by atoms with Crippen LogP contribution in [-0.4, -0.2) is 44.9 Å². The van der Waals surface area contributed by atoms with Gasteiger partial charge in [0.1, 0.15) is 10.7 Å². The average molecular weight is 378 g/mol. The van der Waals surface area contributed by atoms with E-state index >= 15 is 0 Å². The zero-order valence-electron chi connectivity index (χ0n) is 14.2. The number of nitrogens with one attached hydrogen (secondary N) is 1. The van der Waals surface area contributed by atoms with Crippen molar-refractivity contribution in [3.8, 4) is 0 Å². The van der Waals surface area contributed by atoms with Crippen LogP contribution in [0.3, 0.4) is 0 Å². The van der Waals surface area contributed by atoms with Crippen LogP contribution in [0.5, 0.6) is 0 Å². The van der Waals surface area contributed by atoms with Gasteiger partial charge in [-0.3, -0.25) is 4.79 Å². The highest BCUT2D eigenvalue weighted by molar-refractivity contribution is 7.89. The summed E-state index contributed by atoms with van der Waals surface area (Å²) in [6.07, 6.45) is 0. The number of morpholine rings is 1. The predicted octanol–water partition coefficient (Wildman–Crippen LogP) is 2.41. The van der Waals surface area contributed by atoms with Gasteiger partial charge in [-0.15, -0.1) is 0 Å². The number of nitrogens with zero attached hydrogens (tertiary/aromatic N) is 1. The van der Waals surface area contributed by atoms with Crippen molar-refractivity contribution in [3.05, 3.63) is 59.4 Å². The van der Waals surface area contributed by atoms with Crippen LogP contribution in [0.25, 0.3) is 0 Å². The van der Waals surface area contributed by atoms with E-state index < -0.39 is 26.6 Å². The van der Waals surface area contributed by atoms with E-state index in [-0.39, 0.29) is 31.9 Å². The van der Waals surface area contributed by atoms with Gasteiger partial charge in [-0.25, -0.2) is 12.8 Å². The quantitative estimate of drug-likeness (QED) is 0.887. The zero-order valence-corrected chi connectivity index (χ0v) is 15.1. The predicted molar refractivity (Wildman–Crippen MR) is 95.1 cm³/mol. The number of ether oxygens (including phenoxy) is 1. The Balaban J connectivity index is 1.87. The Bertz CT molecular complexity index is 907. The zero-order chi connectivity index (χ0) is 18.7. The molecule has 1 N–H and O–H groups in total. The van der Waals surface area contributed by atoms with Crippen LogP contribution in [0.15, 0.2) is 47.4 Å². The van der Waals surface area contributed by atoms with Crippen LogP contribution in [0.1, 0.15) is 15.9 Å². The molecule has 1 saturated heterocycles. The fraction of sp³-hybridized carbons (Fsp3) is 0.278. The molecule has 3 rings (SSSR count). The third-order valence-electron chi connectivity index (χ3n) is 4.09.